The molecule has 0 saturated carbocycles. The fourth-order valence-electron chi connectivity index (χ4n) is 5.78. The second kappa shape index (κ2) is 10.4. The fraction of sp³-hybridized carbons (Fsp3) is 0.481. The van der Waals surface area contributed by atoms with Crippen molar-refractivity contribution in [2.75, 3.05) is 44.2 Å². The number of rotatable bonds is 5. The molecule has 2 aromatic carbocycles. The minimum Gasteiger partial charge on any atom is -0.488 e. The molecule has 3 aliphatic heterocycles. The molecule has 2 aromatic rings. The third-order valence-electron chi connectivity index (χ3n) is 7.41. The lowest BCUT2D eigenvalue weighted by atomic mass is 9.72. The molecular formula is C27H31Cl2N3O3. The van der Waals surface area contributed by atoms with Crippen LogP contribution < -0.4 is 9.64 Å². The number of halogens is 2. The van der Waals surface area contributed by atoms with Crippen LogP contribution in [0.25, 0.3) is 0 Å². The standard InChI is InChI=1S/C27H31Cl2N3O3/c28-20-7-9-22(10-8-20)32-17-24(35-23-6-3-5-21(29)15-23)16-27(26(32)34)11-4-12-30(19-27)18-25(33)31-13-1-2-14-31/h3,5-10,15,24H,1-2,4,11-14,16-19H2/t24-,27-/m1/s1. The van der Waals surface area contributed by atoms with Crippen molar-refractivity contribution in [3.05, 3.63) is 58.6 Å². The van der Waals surface area contributed by atoms with Gasteiger partial charge in [-0.25, -0.2) is 0 Å². The maximum absolute atomic E-state index is 14.0. The zero-order chi connectivity index (χ0) is 24.4. The number of benzene rings is 2. The van der Waals surface area contributed by atoms with E-state index < -0.39 is 5.41 Å². The lowest BCUT2D eigenvalue weighted by Crippen LogP contribution is -2.61. The van der Waals surface area contributed by atoms with Gasteiger partial charge in [0.05, 0.1) is 18.5 Å². The third kappa shape index (κ3) is 5.45. The van der Waals surface area contributed by atoms with E-state index in [0.717, 1.165) is 51.0 Å². The second-order valence-electron chi connectivity index (χ2n) is 9.98. The molecule has 3 saturated heterocycles. The van der Waals surface area contributed by atoms with Gasteiger partial charge in [-0.2, -0.15) is 0 Å². The Morgan fingerprint density at radius 3 is 2.51 bits per heavy atom. The van der Waals surface area contributed by atoms with Crippen LogP contribution in [0.3, 0.4) is 0 Å². The van der Waals surface area contributed by atoms with Crippen LogP contribution in [0.2, 0.25) is 10.0 Å². The highest BCUT2D eigenvalue weighted by atomic mass is 35.5. The van der Waals surface area contributed by atoms with Crippen molar-refractivity contribution in [2.45, 2.75) is 38.2 Å². The molecule has 0 unspecified atom stereocenters. The van der Waals surface area contributed by atoms with Crippen LogP contribution in [0.4, 0.5) is 5.69 Å². The number of likely N-dealkylation sites (tertiary alicyclic amines) is 2. The average Bonchev–Trinajstić information content (AvgIpc) is 3.38. The van der Waals surface area contributed by atoms with Crippen molar-refractivity contribution in [2.24, 2.45) is 5.41 Å². The number of hydrogen-bond donors (Lipinski definition) is 0. The first-order chi connectivity index (χ1) is 16.9. The Hall–Kier alpha value is -2.28. The summed E-state index contributed by atoms with van der Waals surface area (Å²) in [4.78, 5) is 32.8. The number of amides is 2. The number of piperidine rings is 2. The topological polar surface area (TPSA) is 53.1 Å². The number of ether oxygens (including phenoxy) is 1. The Kier molecular flexibility index (Phi) is 7.24. The lowest BCUT2D eigenvalue weighted by molar-refractivity contribution is -0.140. The van der Waals surface area contributed by atoms with Crippen LogP contribution in [-0.2, 0) is 9.59 Å². The van der Waals surface area contributed by atoms with Crippen LogP contribution in [0, 0.1) is 5.41 Å². The number of anilines is 1. The minimum absolute atomic E-state index is 0.101. The normalized spacial score (nSPS) is 25.3. The summed E-state index contributed by atoms with van der Waals surface area (Å²) in [5.41, 5.74) is 0.202. The van der Waals surface area contributed by atoms with Gasteiger partial charge in [-0.3, -0.25) is 14.5 Å². The van der Waals surface area contributed by atoms with E-state index in [9.17, 15) is 9.59 Å². The molecule has 35 heavy (non-hydrogen) atoms. The number of carbonyl (C=O) groups is 2. The Morgan fingerprint density at radius 1 is 1.00 bits per heavy atom. The molecule has 0 N–H and O–H groups in total. The van der Waals surface area contributed by atoms with Gasteiger partial charge in [-0.15, -0.1) is 0 Å². The van der Waals surface area contributed by atoms with Gasteiger partial charge in [0.2, 0.25) is 11.8 Å². The van der Waals surface area contributed by atoms with Crippen LogP contribution in [0.1, 0.15) is 32.1 Å². The van der Waals surface area contributed by atoms with E-state index in [-0.39, 0.29) is 17.9 Å². The van der Waals surface area contributed by atoms with E-state index in [1.807, 2.05) is 40.1 Å². The largest absolute Gasteiger partial charge is 0.488 e. The summed E-state index contributed by atoms with van der Waals surface area (Å²) in [5.74, 6) is 0.966. The molecule has 0 bridgehead atoms. The maximum atomic E-state index is 14.0. The van der Waals surface area contributed by atoms with Gasteiger partial charge in [0, 0.05) is 41.8 Å². The van der Waals surface area contributed by atoms with Crippen molar-refractivity contribution < 1.29 is 14.3 Å². The average molecular weight is 516 g/mol. The van der Waals surface area contributed by atoms with Gasteiger partial charge in [-0.05, 0) is 74.7 Å². The summed E-state index contributed by atoms with van der Waals surface area (Å²) in [5, 5.41) is 1.24. The van der Waals surface area contributed by atoms with Crippen molar-refractivity contribution in [1.82, 2.24) is 9.80 Å². The molecule has 0 aromatic heterocycles. The zero-order valence-electron chi connectivity index (χ0n) is 19.8. The van der Waals surface area contributed by atoms with Crippen molar-refractivity contribution >= 4 is 40.7 Å². The first-order valence-corrected chi connectivity index (χ1v) is 13.2. The SMILES string of the molecule is O=C(CN1CCC[C@@]2(C[C@@H](Oc3cccc(Cl)c3)CN(c3ccc(Cl)cc3)C2=O)C1)N1CCCC1. The molecule has 186 valence electrons. The van der Waals surface area contributed by atoms with Gasteiger partial charge >= 0.3 is 0 Å². The van der Waals surface area contributed by atoms with Crippen LogP contribution >= 0.6 is 23.2 Å². The zero-order valence-corrected chi connectivity index (χ0v) is 21.3. The van der Waals surface area contributed by atoms with Gasteiger partial charge in [0.25, 0.3) is 0 Å². The lowest BCUT2D eigenvalue weighted by Gasteiger charge is -2.49. The highest BCUT2D eigenvalue weighted by Gasteiger charge is 2.50. The summed E-state index contributed by atoms with van der Waals surface area (Å²) in [6.45, 7) is 3.89. The Morgan fingerprint density at radius 2 is 1.77 bits per heavy atom. The summed E-state index contributed by atoms with van der Waals surface area (Å²) in [7, 11) is 0. The molecule has 1 spiro atoms. The molecule has 2 amide bonds. The molecule has 0 aliphatic carbocycles. The first kappa shape index (κ1) is 24.4. The summed E-state index contributed by atoms with van der Waals surface area (Å²) in [6, 6.07) is 14.8. The van der Waals surface area contributed by atoms with Crippen LogP contribution in [0.5, 0.6) is 5.75 Å². The van der Waals surface area contributed by atoms with Gasteiger partial charge in [0.15, 0.2) is 0 Å². The van der Waals surface area contributed by atoms with E-state index in [1.54, 1.807) is 18.2 Å². The van der Waals surface area contributed by atoms with E-state index in [2.05, 4.69) is 4.90 Å². The quantitative estimate of drug-likeness (QED) is 0.569. The molecule has 3 heterocycles. The number of hydrogen-bond acceptors (Lipinski definition) is 4. The van der Waals surface area contributed by atoms with E-state index >= 15 is 0 Å². The van der Waals surface area contributed by atoms with Gasteiger partial charge in [0.1, 0.15) is 11.9 Å². The van der Waals surface area contributed by atoms with E-state index in [0.29, 0.717) is 41.8 Å². The molecule has 5 rings (SSSR count). The molecule has 6 nitrogen and oxygen atoms in total. The molecular weight excluding hydrogens is 485 g/mol. The van der Waals surface area contributed by atoms with Crippen LogP contribution in [-0.4, -0.2) is 67.0 Å². The first-order valence-electron chi connectivity index (χ1n) is 12.4. The highest BCUT2D eigenvalue weighted by molar-refractivity contribution is 6.31. The number of nitrogens with zero attached hydrogens (tertiary/aromatic N) is 3. The molecule has 0 radical (unpaired) electrons. The summed E-state index contributed by atoms with van der Waals surface area (Å²) < 4.78 is 6.39. The molecule has 2 atom stereocenters. The Bertz CT molecular complexity index is 1070. The predicted octanol–water partition coefficient (Wildman–Crippen LogP) is 4.88. The van der Waals surface area contributed by atoms with Crippen molar-refractivity contribution in [3.8, 4) is 5.75 Å². The summed E-state index contributed by atoms with van der Waals surface area (Å²) in [6.07, 6.45) is 4.21. The van der Waals surface area contributed by atoms with Crippen molar-refractivity contribution in [3.63, 3.8) is 0 Å². The third-order valence-corrected chi connectivity index (χ3v) is 7.90. The van der Waals surface area contributed by atoms with Crippen molar-refractivity contribution in [1.29, 1.82) is 0 Å². The van der Waals surface area contributed by atoms with Crippen LogP contribution in [0.15, 0.2) is 48.5 Å². The molecule has 3 fully saturated rings. The maximum Gasteiger partial charge on any atom is 0.236 e. The predicted molar refractivity (Wildman–Crippen MR) is 138 cm³/mol. The highest BCUT2D eigenvalue weighted by Crippen LogP contribution is 2.42. The molecule has 8 heteroatoms. The van der Waals surface area contributed by atoms with Gasteiger partial charge < -0.3 is 14.5 Å². The van der Waals surface area contributed by atoms with E-state index in [1.165, 1.54) is 0 Å². The second-order valence-corrected chi connectivity index (χ2v) is 10.8. The Balaban J connectivity index is 1.39. The minimum atomic E-state index is -0.606. The fourth-order valence-corrected chi connectivity index (χ4v) is 6.08. The monoisotopic (exact) mass is 515 g/mol. The smallest absolute Gasteiger partial charge is 0.236 e. The summed E-state index contributed by atoms with van der Waals surface area (Å²) >= 11 is 12.3. The van der Waals surface area contributed by atoms with Gasteiger partial charge in [-0.1, -0.05) is 29.3 Å². The number of carbonyl (C=O) groups excluding carboxylic acids is 2. The Labute approximate surface area is 216 Å². The van der Waals surface area contributed by atoms with E-state index in [4.69, 9.17) is 27.9 Å². The molecule has 3 aliphatic rings.